The van der Waals surface area contributed by atoms with Gasteiger partial charge in [0.1, 0.15) is 0 Å². The summed E-state index contributed by atoms with van der Waals surface area (Å²) in [4.78, 5) is 15.9. The summed E-state index contributed by atoms with van der Waals surface area (Å²) in [6, 6.07) is 0.504. The lowest BCUT2D eigenvalue weighted by molar-refractivity contribution is -0.128. The van der Waals surface area contributed by atoms with Crippen LogP contribution in [0.15, 0.2) is 4.99 Å². The summed E-state index contributed by atoms with van der Waals surface area (Å²) in [5, 5.41) is 9.59. The van der Waals surface area contributed by atoms with Crippen molar-refractivity contribution in [3.8, 4) is 0 Å². The van der Waals surface area contributed by atoms with E-state index in [1.807, 2.05) is 32.5 Å². The number of carbonyl (C=O) groups excluding carboxylic acids is 1. The van der Waals surface area contributed by atoms with E-state index in [9.17, 15) is 4.79 Å². The number of nitrogens with zero attached hydrogens (tertiary/aromatic N) is 1. The Balaban J connectivity index is 2.20. The van der Waals surface area contributed by atoms with Crippen molar-refractivity contribution < 1.29 is 4.79 Å². The van der Waals surface area contributed by atoms with Crippen molar-refractivity contribution in [3.63, 3.8) is 0 Å². The van der Waals surface area contributed by atoms with Crippen molar-refractivity contribution in [1.29, 1.82) is 0 Å². The summed E-state index contributed by atoms with van der Waals surface area (Å²) in [5.41, 5.74) is -0.334. The molecule has 0 aromatic rings. The molecule has 0 aromatic heterocycles. The molecule has 3 N–H and O–H groups in total. The van der Waals surface area contributed by atoms with E-state index in [4.69, 9.17) is 0 Å². The Bertz CT molecular complexity index is 333. The Hall–Kier alpha value is -0.910. The van der Waals surface area contributed by atoms with E-state index in [0.29, 0.717) is 19.1 Å². The van der Waals surface area contributed by atoms with E-state index in [-0.39, 0.29) is 11.3 Å². The topological polar surface area (TPSA) is 65.5 Å². The van der Waals surface area contributed by atoms with E-state index >= 15 is 0 Å². The van der Waals surface area contributed by atoms with Crippen molar-refractivity contribution >= 4 is 23.6 Å². The lowest BCUT2D eigenvalue weighted by Gasteiger charge is -2.24. The van der Waals surface area contributed by atoms with Gasteiger partial charge in [0, 0.05) is 37.3 Å². The monoisotopic (exact) mass is 300 g/mol. The number of rotatable bonds is 4. The molecule has 1 heterocycles. The van der Waals surface area contributed by atoms with Gasteiger partial charge < -0.3 is 16.0 Å². The van der Waals surface area contributed by atoms with Crippen LogP contribution in [-0.4, -0.2) is 49.6 Å². The SMILES string of the molecule is CN=C(NCCNC(=O)C(C)(C)C)NC1CCCSC1. The molecular weight excluding hydrogens is 272 g/mol. The van der Waals surface area contributed by atoms with Crippen LogP contribution in [0.2, 0.25) is 0 Å². The van der Waals surface area contributed by atoms with Gasteiger partial charge in [-0.05, 0) is 18.6 Å². The number of nitrogens with one attached hydrogen (secondary N) is 3. The second-order valence-electron chi connectivity index (χ2n) is 6.06. The standard InChI is InChI=1S/C14H28N4OS/c1-14(2,3)12(19)16-7-8-17-13(15-4)18-11-6-5-9-20-10-11/h11H,5-10H2,1-4H3,(H,16,19)(H2,15,17,18). The number of hydrogen-bond acceptors (Lipinski definition) is 3. The molecule has 6 heteroatoms. The fourth-order valence-electron chi connectivity index (χ4n) is 1.86. The van der Waals surface area contributed by atoms with Crippen LogP contribution in [0.5, 0.6) is 0 Å². The quantitative estimate of drug-likeness (QED) is 0.415. The van der Waals surface area contributed by atoms with E-state index in [1.165, 1.54) is 18.6 Å². The van der Waals surface area contributed by atoms with E-state index in [1.54, 1.807) is 7.05 Å². The highest BCUT2D eigenvalue weighted by Gasteiger charge is 2.20. The van der Waals surface area contributed by atoms with Crippen LogP contribution >= 0.6 is 11.8 Å². The molecule has 5 nitrogen and oxygen atoms in total. The lowest BCUT2D eigenvalue weighted by atomic mass is 9.96. The predicted molar refractivity (Wildman–Crippen MR) is 87.3 cm³/mol. The molecule has 1 rings (SSSR count). The molecule has 0 bridgehead atoms. The predicted octanol–water partition coefficient (Wildman–Crippen LogP) is 1.21. The minimum Gasteiger partial charge on any atom is -0.355 e. The molecule has 1 aliphatic rings. The first-order valence-electron chi connectivity index (χ1n) is 7.26. The number of carbonyl (C=O) groups is 1. The largest absolute Gasteiger partial charge is 0.355 e. The molecule has 1 fully saturated rings. The summed E-state index contributed by atoms with van der Waals surface area (Å²) < 4.78 is 0. The minimum absolute atomic E-state index is 0.0749. The lowest BCUT2D eigenvalue weighted by Crippen LogP contribution is -2.47. The normalized spacial score (nSPS) is 20.4. The van der Waals surface area contributed by atoms with Gasteiger partial charge in [-0.2, -0.15) is 11.8 Å². The third kappa shape index (κ3) is 6.50. The first-order chi connectivity index (χ1) is 9.43. The van der Waals surface area contributed by atoms with Crippen LogP contribution in [-0.2, 0) is 4.79 Å². The number of hydrogen-bond donors (Lipinski definition) is 3. The zero-order chi connectivity index (χ0) is 15.0. The molecule has 20 heavy (non-hydrogen) atoms. The van der Waals surface area contributed by atoms with Gasteiger partial charge >= 0.3 is 0 Å². The highest BCUT2D eigenvalue weighted by Crippen LogP contribution is 2.16. The maximum Gasteiger partial charge on any atom is 0.225 e. The highest BCUT2D eigenvalue weighted by molar-refractivity contribution is 7.99. The number of amides is 1. The fourth-order valence-corrected chi connectivity index (χ4v) is 2.94. The average Bonchev–Trinajstić information content (AvgIpc) is 2.42. The number of thioether (sulfide) groups is 1. The molecule has 0 aliphatic carbocycles. The number of aliphatic imine (C=N–C) groups is 1. The molecule has 116 valence electrons. The van der Waals surface area contributed by atoms with Crippen molar-refractivity contribution in [1.82, 2.24) is 16.0 Å². The van der Waals surface area contributed by atoms with Crippen LogP contribution in [0.1, 0.15) is 33.6 Å². The molecule has 1 amide bonds. The van der Waals surface area contributed by atoms with Gasteiger partial charge in [-0.1, -0.05) is 20.8 Å². The third-order valence-corrected chi connectivity index (χ3v) is 4.32. The van der Waals surface area contributed by atoms with Crippen LogP contribution in [0.25, 0.3) is 0 Å². The second-order valence-corrected chi connectivity index (χ2v) is 7.21. The molecule has 0 aromatic carbocycles. The Morgan fingerprint density at radius 2 is 2.00 bits per heavy atom. The minimum atomic E-state index is -0.334. The Morgan fingerprint density at radius 3 is 2.55 bits per heavy atom. The summed E-state index contributed by atoms with van der Waals surface area (Å²) in [6.45, 7) is 7.03. The van der Waals surface area contributed by atoms with Gasteiger partial charge in [0.2, 0.25) is 5.91 Å². The van der Waals surface area contributed by atoms with E-state index < -0.39 is 0 Å². The Labute approximate surface area is 126 Å². The summed E-state index contributed by atoms with van der Waals surface area (Å²) in [7, 11) is 1.78. The fraction of sp³-hybridized carbons (Fsp3) is 0.857. The smallest absolute Gasteiger partial charge is 0.225 e. The van der Waals surface area contributed by atoms with Crippen molar-refractivity contribution in [2.45, 2.75) is 39.7 Å². The van der Waals surface area contributed by atoms with E-state index in [2.05, 4.69) is 20.9 Å². The molecule has 1 aliphatic heterocycles. The molecule has 0 spiro atoms. The molecule has 1 unspecified atom stereocenters. The van der Waals surface area contributed by atoms with Gasteiger partial charge in [-0.15, -0.1) is 0 Å². The highest BCUT2D eigenvalue weighted by atomic mass is 32.2. The summed E-state index contributed by atoms with van der Waals surface area (Å²) in [5.74, 6) is 3.30. The van der Waals surface area contributed by atoms with Gasteiger partial charge in [-0.25, -0.2) is 0 Å². The van der Waals surface area contributed by atoms with E-state index in [0.717, 1.165) is 11.7 Å². The van der Waals surface area contributed by atoms with Crippen molar-refractivity contribution in [2.75, 3.05) is 31.6 Å². The molecular formula is C14H28N4OS. The zero-order valence-electron chi connectivity index (χ0n) is 13.1. The number of guanidine groups is 1. The zero-order valence-corrected chi connectivity index (χ0v) is 13.9. The Morgan fingerprint density at radius 1 is 1.30 bits per heavy atom. The Kier molecular flexibility index (Phi) is 7.19. The summed E-state index contributed by atoms with van der Waals surface area (Å²) in [6.07, 6.45) is 2.47. The second kappa shape index (κ2) is 8.39. The van der Waals surface area contributed by atoms with Crippen LogP contribution in [0.4, 0.5) is 0 Å². The molecule has 1 saturated heterocycles. The maximum atomic E-state index is 11.7. The first-order valence-corrected chi connectivity index (χ1v) is 8.42. The molecule has 1 atom stereocenters. The first kappa shape index (κ1) is 17.1. The van der Waals surface area contributed by atoms with Crippen LogP contribution in [0, 0.1) is 5.41 Å². The molecule has 0 radical (unpaired) electrons. The van der Waals surface area contributed by atoms with Crippen LogP contribution in [0.3, 0.4) is 0 Å². The molecule has 0 saturated carbocycles. The van der Waals surface area contributed by atoms with Gasteiger partial charge in [-0.3, -0.25) is 9.79 Å². The van der Waals surface area contributed by atoms with Gasteiger partial charge in [0.05, 0.1) is 0 Å². The van der Waals surface area contributed by atoms with Gasteiger partial charge in [0.25, 0.3) is 0 Å². The maximum absolute atomic E-state index is 11.7. The van der Waals surface area contributed by atoms with Gasteiger partial charge in [0.15, 0.2) is 5.96 Å². The summed E-state index contributed by atoms with van der Waals surface area (Å²) >= 11 is 1.99. The van der Waals surface area contributed by atoms with Crippen molar-refractivity contribution in [3.05, 3.63) is 0 Å². The van der Waals surface area contributed by atoms with Crippen LogP contribution < -0.4 is 16.0 Å². The average molecular weight is 300 g/mol. The third-order valence-electron chi connectivity index (χ3n) is 3.11. The van der Waals surface area contributed by atoms with Crippen molar-refractivity contribution in [2.24, 2.45) is 10.4 Å².